The molecule has 19 heavy (non-hydrogen) atoms. The topological polar surface area (TPSA) is 79.5 Å². The first-order valence-corrected chi connectivity index (χ1v) is 8.10. The fraction of sp³-hybridized carbons (Fsp3) is 0.692. The highest BCUT2D eigenvalue weighted by molar-refractivity contribution is 7.89. The second kappa shape index (κ2) is 5.26. The maximum absolute atomic E-state index is 12.2. The van der Waals surface area contributed by atoms with Crippen molar-refractivity contribution < 1.29 is 17.9 Å². The van der Waals surface area contributed by atoms with E-state index in [0.29, 0.717) is 12.3 Å². The lowest BCUT2D eigenvalue weighted by Crippen LogP contribution is -2.41. The molecule has 2 rings (SSSR count). The molecular weight excluding hydrogens is 266 g/mol. The number of sulfonamides is 1. The highest BCUT2D eigenvalue weighted by Gasteiger charge is 2.36. The molecule has 108 valence electrons. The summed E-state index contributed by atoms with van der Waals surface area (Å²) in [4.78, 5) is 0.127. The number of hydrogen-bond donors (Lipinski definition) is 2. The van der Waals surface area contributed by atoms with Crippen molar-refractivity contribution in [2.75, 3.05) is 6.54 Å². The quantitative estimate of drug-likeness (QED) is 0.838. The zero-order valence-electron chi connectivity index (χ0n) is 11.4. The van der Waals surface area contributed by atoms with E-state index in [4.69, 9.17) is 9.52 Å². The highest BCUT2D eigenvalue weighted by Crippen LogP contribution is 2.43. The van der Waals surface area contributed by atoms with Gasteiger partial charge in [-0.15, -0.1) is 0 Å². The van der Waals surface area contributed by atoms with Crippen LogP contribution in [0.2, 0.25) is 0 Å². The minimum atomic E-state index is -3.55. The van der Waals surface area contributed by atoms with E-state index in [9.17, 15) is 8.42 Å². The van der Waals surface area contributed by atoms with Crippen LogP contribution in [0.25, 0.3) is 0 Å². The Morgan fingerprint density at radius 3 is 2.58 bits per heavy atom. The SMILES string of the molecule is CCC1(CNS(=O)(=O)c2cc(CO)oc2C)CCC1. The number of hydrogen-bond acceptors (Lipinski definition) is 4. The molecule has 1 fully saturated rings. The molecule has 1 aromatic heterocycles. The van der Waals surface area contributed by atoms with Crippen LogP contribution in [0.15, 0.2) is 15.4 Å². The molecule has 0 unspecified atom stereocenters. The second-order valence-corrected chi connectivity index (χ2v) is 7.06. The van der Waals surface area contributed by atoms with E-state index in [1.165, 1.54) is 12.5 Å². The summed E-state index contributed by atoms with van der Waals surface area (Å²) in [7, 11) is -3.55. The van der Waals surface area contributed by atoms with Gasteiger partial charge < -0.3 is 9.52 Å². The Hall–Kier alpha value is -0.850. The molecule has 0 amide bonds. The molecule has 1 saturated carbocycles. The summed E-state index contributed by atoms with van der Waals surface area (Å²) in [5.74, 6) is 0.586. The van der Waals surface area contributed by atoms with Gasteiger partial charge in [0.1, 0.15) is 23.0 Å². The molecule has 2 N–H and O–H groups in total. The van der Waals surface area contributed by atoms with Gasteiger partial charge in [-0.25, -0.2) is 13.1 Å². The van der Waals surface area contributed by atoms with Crippen LogP contribution in [0.1, 0.15) is 44.1 Å². The number of aryl methyl sites for hydroxylation is 1. The van der Waals surface area contributed by atoms with Gasteiger partial charge in [0.2, 0.25) is 10.0 Å². The summed E-state index contributed by atoms with van der Waals surface area (Å²) in [6.07, 6.45) is 4.33. The molecule has 0 saturated heterocycles. The van der Waals surface area contributed by atoms with Gasteiger partial charge in [-0.2, -0.15) is 0 Å². The predicted octanol–water partition coefficient (Wildman–Crippen LogP) is 1.94. The van der Waals surface area contributed by atoms with E-state index < -0.39 is 10.0 Å². The summed E-state index contributed by atoms with van der Waals surface area (Å²) in [5, 5.41) is 8.98. The van der Waals surface area contributed by atoms with E-state index >= 15 is 0 Å². The minimum Gasteiger partial charge on any atom is -0.462 e. The Labute approximate surface area is 114 Å². The van der Waals surface area contributed by atoms with Crippen molar-refractivity contribution in [3.05, 3.63) is 17.6 Å². The molecule has 0 aliphatic heterocycles. The van der Waals surface area contributed by atoms with Crippen molar-refractivity contribution in [2.24, 2.45) is 5.41 Å². The third-order valence-corrected chi connectivity index (χ3v) is 5.68. The minimum absolute atomic E-state index is 0.127. The van der Waals surface area contributed by atoms with Crippen molar-refractivity contribution >= 4 is 10.0 Å². The molecule has 1 heterocycles. The number of rotatable bonds is 6. The molecule has 0 aromatic carbocycles. The van der Waals surface area contributed by atoms with E-state index in [0.717, 1.165) is 19.3 Å². The van der Waals surface area contributed by atoms with E-state index in [1.54, 1.807) is 6.92 Å². The maximum Gasteiger partial charge on any atom is 0.244 e. The Kier molecular flexibility index (Phi) is 4.03. The molecule has 0 spiro atoms. The maximum atomic E-state index is 12.2. The summed E-state index contributed by atoms with van der Waals surface area (Å²) in [6, 6.07) is 1.39. The summed E-state index contributed by atoms with van der Waals surface area (Å²) < 4.78 is 32.3. The fourth-order valence-electron chi connectivity index (χ4n) is 2.53. The van der Waals surface area contributed by atoms with Crippen LogP contribution in [-0.4, -0.2) is 20.1 Å². The monoisotopic (exact) mass is 287 g/mol. The lowest BCUT2D eigenvalue weighted by molar-refractivity contribution is 0.133. The van der Waals surface area contributed by atoms with Crippen LogP contribution < -0.4 is 4.72 Å². The normalized spacial score (nSPS) is 18.3. The zero-order valence-corrected chi connectivity index (χ0v) is 12.2. The summed E-state index contributed by atoms with van der Waals surface area (Å²) in [6.45, 7) is 3.87. The second-order valence-electron chi connectivity index (χ2n) is 5.32. The van der Waals surface area contributed by atoms with Gasteiger partial charge in [0, 0.05) is 12.6 Å². The van der Waals surface area contributed by atoms with Crippen molar-refractivity contribution in [1.82, 2.24) is 4.72 Å². The number of aliphatic hydroxyl groups excluding tert-OH is 1. The van der Waals surface area contributed by atoms with Crippen LogP contribution in [-0.2, 0) is 16.6 Å². The Morgan fingerprint density at radius 1 is 1.47 bits per heavy atom. The zero-order chi connectivity index (χ0) is 14.1. The van der Waals surface area contributed by atoms with Gasteiger partial charge in [-0.1, -0.05) is 13.3 Å². The van der Waals surface area contributed by atoms with E-state index in [-0.39, 0.29) is 22.7 Å². The molecule has 6 heteroatoms. The van der Waals surface area contributed by atoms with Crippen LogP contribution in [0.4, 0.5) is 0 Å². The molecule has 0 radical (unpaired) electrons. The number of nitrogens with one attached hydrogen (secondary N) is 1. The van der Waals surface area contributed by atoms with Gasteiger partial charge in [0.25, 0.3) is 0 Å². The van der Waals surface area contributed by atoms with Gasteiger partial charge in [-0.05, 0) is 31.6 Å². The number of furan rings is 1. The van der Waals surface area contributed by atoms with Crippen LogP contribution in [0.3, 0.4) is 0 Å². The van der Waals surface area contributed by atoms with Gasteiger partial charge >= 0.3 is 0 Å². The van der Waals surface area contributed by atoms with Gasteiger partial charge in [-0.3, -0.25) is 0 Å². The summed E-state index contributed by atoms with van der Waals surface area (Å²) in [5.41, 5.74) is 0.129. The number of aliphatic hydroxyl groups is 1. The third-order valence-electron chi connectivity index (χ3n) is 4.17. The average Bonchev–Trinajstić information content (AvgIpc) is 2.70. The van der Waals surface area contributed by atoms with Crippen molar-refractivity contribution in [1.29, 1.82) is 0 Å². The first kappa shape index (κ1) is 14.6. The average molecular weight is 287 g/mol. The molecular formula is C13H21NO4S. The third kappa shape index (κ3) is 2.85. The standard InChI is InChI=1S/C13H21NO4S/c1-3-13(5-4-6-13)9-14-19(16,17)12-7-11(8-15)18-10(12)2/h7,14-15H,3-6,8-9H2,1-2H3. The van der Waals surface area contributed by atoms with Crippen molar-refractivity contribution in [3.63, 3.8) is 0 Å². The fourth-order valence-corrected chi connectivity index (χ4v) is 3.89. The summed E-state index contributed by atoms with van der Waals surface area (Å²) >= 11 is 0. The van der Waals surface area contributed by atoms with Crippen molar-refractivity contribution in [2.45, 2.75) is 51.0 Å². The molecule has 1 aliphatic rings. The highest BCUT2D eigenvalue weighted by atomic mass is 32.2. The van der Waals surface area contributed by atoms with Crippen molar-refractivity contribution in [3.8, 4) is 0 Å². The molecule has 0 bridgehead atoms. The van der Waals surface area contributed by atoms with Gasteiger partial charge in [0.15, 0.2) is 0 Å². The molecule has 5 nitrogen and oxygen atoms in total. The Morgan fingerprint density at radius 2 is 2.16 bits per heavy atom. The Balaban J connectivity index is 2.11. The smallest absolute Gasteiger partial charge is 0.244 e. The van der Waals surface area contributed by atoms with Gasteiger partial charge in [0.05, 0.1) is 0 Å². The van der Waals surface area contributed by atoms with E-state index in [2.05, 4.69) is 11.6 Å². The molecule has 1 aliphatic carbocycles. The lowest BCUT2D eigenvalue weighted by Gasteiger charge is -2.41. The van der Waals surface area contributed by atoms with Crippen LogP contribution in [0, 0.1) is 12.3 Å². The molecule has 1 aromatic rings. The van der Waals surface area contributed by atoms with Crippen LogP contribution in [0.5, 0.6) is 0 Å². The Bertz CT molecular complexity index is 537. The van der Waals surface area contributed by atoms with Crippen LogP contribution >= 0.6 is 0 Å². The van der Waals surface area contributed by atoms with E-state index in [1.807, 2.05) is 0 Å². The molecule has 0 atom stereocenters. The largest absolute Gasteiger partial charge is 0.462 e. The predicted molar refractivity (Wildman–Crippen MR) is 71.1 cm³/mol. The lowest BCUT2D eigenvalue weighted by atomic mass is 9.67. The first-order chi connectivity index (χ1) is 8.92. The first-order valence-electron chi connectivity index (χ1n) is 6.62.